The number of carbonyl (C=O) groups is 1. The molecule has 1 aliphatic rings. The fourth-order valence-corrected chi connectivity index (χ4v) is 1.16. The second kappa shape index (κ2) is 4.54. The zero-order chi connectivity index (χ0) is 12.3. The third kappa shape index (κ3) is 3.25. The van der Waals surface area contributed by atoms with Crippen LogP contribution in [-0.2, 0) is 4.79 Å². The van der Waals surface area contributed by atoms with Crippen LogP contribution in [0.25, 0.3) is 0 Å². The zero-order valence-corrected chi connectivity index (χ0v) is 8.27. The minimum absolute atomic E-state index is 0.0967. The highest BCUT2D eigenvalue weighted by atomic mass is 19.4. The average molecular weight is 236 g/mol. The Balaban J connectivity index is 2.90. The Morgan fingerprint density at radius 1 is 1.50 bits per heavy atom. The van der Waals surface area contributed by atoms with Crippen molar-refractivity contribution in [2.75, 3.05) is 6.54 Å². The minimum Gasteiger partial charge on any atom is -0.478 e. The van der Waals surface area contributed by atoms with Crippen molar-refractivity contribution < 1.29 is 23.1 Å². The Labute approximate surface area is 89.7 Å². The number of rotatable bonds is 5. The van der Waals surface area contributed by atoms with Crippen molar-refractivity contribution in [3.8, 4) is 0 Å². The van der Waals surface area contributed by atoms with Crippen LogP contribution in [-0.4, -0.2) is 30.0 Å². The van der Waals surface area contributed by atoms with Gasteiger partial charge in [0.2, 0.25) is 0 Å². The molecule has 0 spiro atoms. The van der Waals surface area contributed by atoms with Gasteiger partial charge < -0.3 is 15.8 Å². The molecular formula is C9H11F3N2O2. The second-order valence-electron chi connectivity index (χ2n) is 3.56. The van der Waals surface area contributed by atoms with Crippen LogP contribution in [0.3, 0.4) is 0 Å². The SMILES string of the molecule is N=C/C(C(=O)O)=C(\NCC1CC1)C(F)(F)F. The maximum Gasteiger partial charge on any atom is 0.431 e. The first-order chi connectivity index (χ1) is 7.36. The van der Waals surface area contributed by atoms with Crippen molar-refractivity contribution in [1.82, 2.24) is 5.32 Å². The van der Waals surface area contributed by atoms with Crippen LogP contribution < -0.4 is 5.32 Å². The summed E-state index contributed by atoms with van der Waals surface area (Å²) in [5.41, 5.74) is -2.41. The van der Waals surface area contributed by atoms with Gasteiger partial charge in [-0.3, -0.25) is 0 Å². The number of alkyl halides is 3. The number of nitrogens with one attached hydrogen (secondary N) is 2. The van der Waals surface area contributed by atoms with Gasteiger partial charge in [0.25, 0.3) is 0 Å². The Kier molecular flexibility index (Phi) is 3.56. The summed E-state index contributed by atoms with van der Waals surface area (Å²) in [6, 6.07) is 0. The van der Waals surface area contributed by atoms with Crippen molar-refractivity contribution in [3.63, 3.8) is 0 Å². The zero-order valence-electron chi connectivity index (χ0n) is 8.27. The molecule has 0 aliphatic heterocycles. The van der Waals surface area contributed by atoms with E-state index >= 15 is 0 Å². The fraction of sp³-hybridized carbons (Fsp3) is 0.556. The van der Waals surface area contributed by atoms with Gasteiger partial charge in [-0.2, -0.15) is 13.2 Å². The monoisotopic (exact) mass is 236 g/mol. The van der Waals surface area contributed by atoms with Crippen LogP contribution in [0.2, 0.25) is 0 Å². The van der Waals surface area contributed by atoms with Gasteiger partial charge in [0.1, 0.15) is 11.3 Å². The van der Waals surface area contributed by atoms with Crippen LogP contribution in [0.1, 0.15) is 12.8 Å². The van der Waals surface area contributed by atoms with Crippen molar-refractivity contribution in [3.05, 3.63) is 11.3 Å². The molecule has 0 radical (unpaired) electrons. The van der Waals surface area contributed by atoms with Gasteiger partial charge in [-0.1, -0.05) is 0 Å². The quantitative estimate of drug-likeness (QED) is 0.500. The highest BCUT2D eigenvalue weighted by Crippen LogP contribution is 2.30. The van der Waals surface area contributed by atoms with Crippen molar-refractivity contribution >= 4 is 12.2 Å². The molecule has 0 heterocycles. The minimum atomic E-state index is -4.78. The number of carboxylic acids is 1. The first-order valence-electron chi connectivity index (χ1n) is 4.65. The van der Waals surface area contributed by atoms with E-state index in [0.29, 0.717) is 0 Å². The lowest BCUT2D eigenvalue weighted by Crippen LogP contribution is -2.31. The van der Waals surface area contributed by atoms with Gasteiger partial charge in [0.05, 0.1) is 0 Å². The summed E-state index contributed by atoms with van der Waals surface area (Å²) in [6.07, 6.45) is -2.87. The van der Waals surface area contributed by atoms with Crippen LogP contribution in [0, 0.1) is 11.3 Å². The lowest BCUT2D eigenvalue weighted by atomic mass is 10.2. The van der Waals surface area contributed by atoms with E-state index in [1.54, 1.807) is 0 Å². The molecule has 0 aromatic carbocycles. The summed E-state index contributed by atoms with van der Waals surface area (Å²) in [5.74, 6) is -1.58. The van der Waals surface area contributed by atoms with Gasteiger partial charge in [0, 0.05) is 12.8 Å². The maximum absolute atomic E-state index is 12.5. The maximum atomic E-state index is 12.5. The topological polar surface area (TPSA) is 73.2 Å². The van der Waals surface area contributed by atoms with Gasteiger partial charge in [-0.25, -0.2) is 4.79 Å². The molecular weight excluding hydrogens is 225 g/mol. The van der Waals surface area contributed by atoms with Crippen LogP contribution in [0.4, 0.5) is 13.2 Å². The van der Waals surface area contributed by atoms with E-state index in [0.717, 1.165) is 12.8 Å². The molecule has 1 fully saturated rings. The summed E-state index contributed by atoms with van der Waals surface area (Å²) in [6.45, 7) is 0.0967. The van der Waals surface area contributed by atoms with Crippen LogP contribution in [0.15, 0.2) is 11.3 Å². The number of aliphatic carboxylic acids is 1. The number of carboxylic acid groups (broad SMARTS) is 1. The molecule has 16 heavy (non-hydrogen) atoms. The third-order valence-electron chi connectivity index (χ3n) is 2.19. The van der Waals surface area contributed by atoms with E-state index in [4.69, 9.17) is 10.5 Å². The normalized spacial score (nSPS) is 17.7. The van der Waals surface area contributed by atoms with Crippen molar-refractivity contribution in [2.45, 2.75) is 19.0 Å². The Hall–Kier alpha value is -1.53. The number of halogens is 3. The van der Waals surface area contributed by atoms with E-state index in [2.05, 4.69) is 5.32 Å². The van der Waals surface area contributed by atoms with Crippen molar-refractivity contribution in [1.29, 1.82) is 5.41 Å². The lowest BCUT2D eigenvalue weighted by molar-refractivity contribution is -0.133. The Morgan fingerprint density at radius 2 is 2.06 bits per heavy atom. The molecule has 7 heteroatoms. The number of allylic oxidation sites excluding steroid dienone is 1. The number of hydrogen-bond donors (Lipinski definition) is 3. The van der Waals surface area contributed by atoms with Crippen LogP contribution >= 0.6 is 0 Å². The van der Waals surface area contributed by atoms with Crippen molar-refractivity contribution in [2.24, 2.45) is 5.92 Å². The molecule has 1 aliphatic carbocycles. The molecule has 1 saturated carbocycles. The fourth-order valence-electron chi connectivity index (χ4n) is 1.16. The molecule has 0 bridgehead atoms. The highest BCUT2D eigenvalue weighted by Gasteiger charge is 2.38. The first-order valence-corrected chi connectivity index (χ1v) is 4.65. The Morgan fingerprint density at radius 3 is 2.38 bits per heavy atom. The molecule has 0 aromatic heterocycles. The predicted molar refractivity (Wildman–Crippen MR) is 50.2 cm³/mol. The summed E-state index contributed by atoms with van der Waals surface area (Å²) < 4.78 is 37.5. The standard InChI is InChI=1S/C9H11F3N2O2/c10-9(11,12)7(6(3-13)8(15)16)14-4-5-1-2-5/h3,5,13-14H,1-2,4H2,(H,15,16)/b7-6+,13-3?. The van der Waals surface area contributed by atoms with Gasteiger partial charge in [-0.05, 0) is 18.8 Å². The molecule has 3 N–H and O–H groups in total. The lowest BCUT2D eigenvalue weighted by Gasteiger charge is -2.15. The smallest absolute Gasteiger partial charge is 0.431 e. The summed E-state index contributed by atoms with van der Waals surface area (Å²) in [5, 5.41) is 17.3. The van der Waals surface area contributed by atoms with E-state index in [-0.39, 0.29) is 18.7 Å². The molecule has 0 amide bonds. The first kappa shape index (κ1) is 12.5. The largest absolute Gasteiger partial charge is 0.478 e. The van der Waals surface area contributed by atoms with E-state index in [1.165, 1.54) is 0 Å². The van der Waals surface area contributed by atoms with E-state index < -0.39 is 23.4 Å². The summed E-state index contributed by atoms with van der Waals surface area (Å²) in [7, 11) is 0. The van der Waals surface area contributed by atoms with Gasteiger partial charge in [0.15, 0.2) is 0 Å². The summed E-state index contributed by atoms with van der Waals surface area (Å²) >= 11 is 0. The van der Waals surface area contributed by atoms with Gasteiger partial charge >= 0.3 is 12.1 Å². The number of hydrogen-bond acceptors (Lipinski definition) is 3. The Bertz CT molecular complexity index is 332. The van der Waals surface area contributed by atoms with Gasteiger partial charge in [-0.15, -0.1) is 0 Å². The molecule has 4 nitrogen and oxygen atoms in total. The molecule has 90 valence electrons. The molecule has 0 aromatic rings. The third-order valence-corrected chi connectivity index (χ3v) is 2.19. The molecule has 0 saturated heterocycles. The van der Waals surface area contributed by atoms with E-state index in [1.807, 2.05) is 0 Å². The second-order valence-corrected chi connectivity index (χ2v) is 3.56. The van der Waals surface area contributed by atoms with Crippen LogP contribution in [0.5, 0.6) is 0 Å². The molecule has 0 atom stereocenters. The summed E-state index contributed by atoms with van der Waals surface area (Å²) in [4.78, 5) is 10.5. The predicted octanol–water partition coefficient (Wildman–Crippen LogP) is 1.54. The molecule has 0 unspecified atom stereocenters. The average Bonchev–Trinajstić information content (AvgIpc) is 2.92. The van der Waals surface area contributed by atoms with E-state index in [9.17, 15) is 18.0 Å². The highest BCUT2D eigenvalue weighted by molar-refractivity contribution is 6.08. The molecule has 1 rings (SSSR count).